The first kappa shape index (κ1) is 19.1. The molecule has 1 amide bonds. The topological polar surface area (TPSA) is 94.1 Å². The molecular weight excluding hydrogens is 338 g/mol. The Kier molecular flexibility index (Phi) is 6.84. The van der Waals surface area contributed by atoms with Crippen LogP contribution in [-0.4, -0.2) is 30.9 Å². The Hall–Kier alpha value is -3.22. The molecular formula is C19H21NO6. The summed E-state index contributed by atoms with van der Waals surface area (Å²) in [7, 11) is 1.46. The van der Waals surface area contributed by atoms with Crippen molar-refractivity contribution in [3.8, 4) is 11.5 Å². The number of aliphatic carboxylic acids is 1. The zero-order chi connectivity index (χ0) is 18.9. The van der Waals surface area contributed by atoms with Gasteiger partial charge in [-0.15, -0.1) is 0 Å². The summed E-state index contributed by atoms with van der Waals surface area (Å²) in [6, 6.07) is 14.1. The molecule has 26 heavy (non-hydrogen) atoms. The maximum Gasteiger partial charge on any atom is 0.407 e. The van der Waals surface area contributed by atoms with E-state index < -0.39 is 18.7 Å². The van der Waals surface area contributed by atoms with Gasteiger partial charge in [-0.3, -0.25) is 0 Å². The summed E-state index contributed by atoms with van der Waals surface area (Å²) in [4.78, 5) is 22.5. The lowest BCUT2D eigenvalue weighted by Crippen LogP contribution is -2.27. The summed E-state index contributed by atoms with van der Waals surface area (Å²) in [5.41, 5.74) is 1.66. The molecule has 0 aliphatic heterocycles. The van der Waals surface area contributed by atoms with E-state index in [1.54, 1.807) is 25.1 Å². The van der Waals surface area contributed by atoms with E-state index in [4.69, 9.17) is 19.3 Å². The fourth-order valence-corrected chi connectivity index (χ4v) is 2.24. The fourth-order valence-electron chi connectivity index (χ4n) is 2.24. The fraction of sp³-hybridized carbons (Fsp3) is 0.263. The van der Waals surface area contributed by atoms with E-state index >= 15 is 0 Å². The van der Waals surface area contributed by atoms with Crippen LogP contribution in [0.1, 0.15) is 24.1 Å². The van der Waals surface area contributed by atoms with E-state index in [-0.39, 0.29) is 12.6 Å². The van der Waals surface area contributed by atoms with Crippen molar-refractivity contribution in [1.82, 2.24) is 5.32 Å². The largest absolute Gasteiger partial charge is 0.493 e. The molecule has 1 atom stereocenters. The summed E-state index contributed by atoms with van der Waals surface area (Å²) in [5.74, 6) is -0.375. The van der Waals surface area contributed by atoms with Crippen LogP contribution in [0.4, 0.5) is 4.79 Å². The van der Waals surface area contributed by atoms with Crippen LogP contribution in [0.2, 0.25) is 0 Å². The van der Waals surface area contributed by atoms with Crippen molar-refractivity contribution in [2.75, 3.05) is 13.7 Å². The van der Waals surface area contributed by atoms with Gasteiger partial charge < -0.3 is 24.6 Å². The minimum absolute atomic E-state index is 0.185. The van der Waals surface area contributed by atoms with Gasteiger partial charge in [0.25, 0.3) is 0 Å². The molecule has 138 valence electrons. The van der Waals surface area contributed by atoms with Gasteiger partial charge in [0.2, 0.25) is 0 Å². The van der Waals surface area contributed by atoms with E-state index in [1.165, 1.54) is 7.11 Å². The Morgan fingerprint density at radius 1 is 1.12 bits per heavy atom. The molecule has 0 bridgehead atoms. The van der Waals surface area contributed by atoms with E-state index in [0.717, 1.165) is 11.1 Å². The van der Waals surface area contributed by atoms with Gasteiger partial charge in [-0.2, -0.15) is 0 Å². The third-order valence-corrected chi connectivity index (χ3v) is 3.59. The highest BCUT2D eigenvalue weighted by atomic mass is 16.5. The maximum absolute atomic E-state index is 11.9. The second-order valence-corrected chi connectivity index (χ2v) is 5.52. The van der Waals surface area contributed by atoms with Gasteiger partial charge in [0.15, 0.2) is 18.1 Å². The molecule has 0 saturated heterocycles. The first-order valence-corrected chi connectivity index (χ1v) is 7.99. The van der Waals surface area contributed by atoms with Crippen molar-refractivity contribution in [2.24, 2.45) is 0 Å². The van der Waals surface area contributed by atoms with Crippen LogP contribution >= 0.6 is 0 Å². The quantitative estimate of drug-likeness (QED) is 0.752. The lowest BCUT2D eigenvalue weighted by molar-refractivity contribution is -0.139. The van der Waals surface area contributed by atoms with Crippen LogP contribution in [0.5, 0.6) is 11.5 Å². The van der Waals surface area contributed by atoms with Gasteiger partial charge >= 0.3 is 12.1 Å². The van der Waals surface area contributed by atoms with Crippen molar-refractivity contribution in [1.29, 1.82) is 0 Å². The predicted octanol–water partition coefficient (Wildman–Crippen LogP) is 3.15. The summed E-state index contributed by atoms with van der Waals surface area (Å²) in [5, 5.41) is 11.4. The molecule has 0 aromatic heterocycles. The van der Waals surface area contributed by atoms with E-state index in [2.05, 4.69) is 5.32 Å². The van der Waals surface area contributed by atoms with Crippen LogP contribution in [0.3, 0.4) is 0 Å². The Balaban J connectivity index is 1.94. The molecule has 0 aliphatic carbocycles. The molecule has 2 rings (SSSR count). The molecule has 2 N–H and O–H groups in total. The Morgan fingerprint density at radius 3 is 2.50 bits per heavy atom. The second-order valence-electron chi connectivity index (χ2n) is 5.52. The number of hydrogen-bond acceptors (Lipinski definition) is 5. The predicted molar refractivity (Wildman–Crippen MR) is 94.3 cm³/mol. The molecule has 0 fully saturated rings. The smallest absolute Gasteiger partial charge is 0.407 e. The number of alkyl carbamates (subject to hydrolysis) is 1. The molecule has 0 radical (unpaired) electrons. The lowest BCUT2D eigenvalue weighted by atomic mass is 10.1. The summed E-state index contributed by atoms with van der Waals surface area (Å²) in [6.45, 7) is 1.52. The van der Waals surface area contributed by atoms with Crippen molar-refractivity contribution in [3.63, 3.8) is 0 Å². The average molecular weight is 359 g/mol. The number of methoxy groups -OCH3 is 1. The molecule has 0 spiro atoms. The van der Waals surface area contributed by atoms with Crippen LogP contribution < -0.4 is 14.8 Å². The summed E-state index contributed by atoms with van der Waals surface area (Å²) in [6.07, 6.45) is -0.536. The molecule has 7 heteroatoms. The van der Waals surface area contributed by atoms with Crippen LogP contribution in [-0.2, 0) is 16.1 Å². The number of nitrogens with one attached hydrogen (secondary N) is 1. The highest BCUT2D eigenvalue weighted by molar-refractivity contribution is 5.69. The van der Waals surface area contributed by atoms with Gasteiger partial charge in [0, 0.05) is 0 Å². The van der Waals surface area contributed by atoms with Crippen molar-refractivity contribution >= 4 is 12.1 Å². The van der Waals surface area contributed by atoms with Crippen molar-refractivity contribution in [2.45, 2.75) is 19.6 Å². The summed E-state index contributed by atoms with van der Waals surface area (Å²) >= 11 is 0. The average Bonchev–Trinajstić information content (AvgIpc) is 2.65. The molecule has 0 aliphatic rings. The number of amides is 1. The minimum atomic E-state index is -1.08. The number of rotatable bonds is 8. The van der Waals surface area contributed by atoms with Gasteiger partial charge in [0.1, 0.15) is 6.61 Å². The first-order chi connectivity index (χ1) is 12.5. The second kappa shape index (κ2) is 9.31. The van der Waals surface area contributed by atoms with Gasteiger partial charge in [-0.05, 0) is 30.2 Å². The van der Waals surface area contributed by atoms with E-state index in [1.807, 2.05) is 30.3 Å². The molecule has 2 aromatic carbocycles. The number of carbonyl (C=O) groups is 2. The SMILES string of the molecule is COc1cc(C(C)NC(=O)OCc2ccccc2)ccc1OCC(=O)O. The highest BCUT2D eigenvalue weighted by Crippen LogP contribution is 2.30. The van der Waals surface area contributed by atoms with Gasteiger partial charge in [0.05, 0.1) is 13.2 Å². The highest BCUT2D eigenvalue weighted by Gasteiger charge is 2.14. The minimum Gasteiger partial charge on any atom is -0.493 e. The zero-order valence-electron chi connectivity index (χ0n) is 14.6. The standard InChI is InChI=1S/C19H21NO6/c1-13(20-19(23)26-11-14-6-4-3-5-7-14)15-8-9-16(17(10-15)24-2)25-12-18(21)22/h3-10,13H,11-12H2,1-2H3,(H,20,23)(H,21,22). The van der Waals surface area contributed by atoms with E-state index in [9.17, 15) is 9.59 Å². The van der Waals surface area contributed by atoms with Gasteiger partial charge in [-0.25, -0.2) is 9.59 Å². The van der Waals surface area contributed by atoms with Crippen LogP contribution in [0.25, 0.3) is 0 Å². The molecule has 1 unspecified atom stereocenters. The van der Waals surface area contributed by atoms with Crippen LogP contribution in [0, 0.1) is 0 Å². The lowest BCUT2D eigenvalue weighted by Gasteiger charge is -2.17. The Labute approximate surface area is 151 Å². The Bertz CT molecular complexity index is 747. The molecule has 0 heterocycles. The van der Waals surface area contributed by atoms with E-state index in [0.29, 0.717) is 11.5 Å². The summed E-state index contributed by atoms with van der Waals surface area (Å²) < 4.78 is 15.6. The van der Waals surface area contributed by atoms with Crippen molar-refractivity contribution in [3.05, 3.63) is 59.7 Å². The normalized spacial score (nSPS) is 11.3. The third-order valence-electron chi connectivity index (χ3n) is 3.59. The first-order valence-electron chi connectivity index (χ1n) is 7.99. The number of benzene rings is 2. The molecule has 2 aromatic rings. The number of carbonyl (C=O) groups excluding carboxylic acids is 1. The zero-order valence-corrected chi connectivity index (χ0v) is 14.6. The molecule has 0 saturated carbocycles. The van der Waals surface area contributed by atoms with Crippen LogP contribution in [0.15, 0.2) is 48.5 Å². The van der Waals surface area contributed by atoms with Gasteiger partial charge in [-0.1, -0.05) is 36.4 Å². The number of carboxylic acids is 1. The van der Waals surface area contributed by atoms with Crippen molar-refractivity contribution < 1.29 is 28.9 Å². The maximum atomic E-state index is 11.9. The number of carboxylic acid groups (broad SMARTS) is 1. The molecule has 7 nitrogen and oxygen atoms in total. The Morgan fingerprint density at radius 2 is 1.85 bits per heavy atom. The number of hydrogen-bond donors (Lipinski definition) is 2. The third kappa shape index (κ3) is 5.70. The monoisotopic (exact) mass is 359 g/mol. The number of ether oxygens (including phenoxy) is 3.